The molecule has 3 heterocycles. The molecule has 3 fully saturated rings. The number of nitrogens with zero attached hydrogens (tertiary/aromatic N) is 3. The predicted octanol–water partition coefficient (Wildman–Crippen LogP) is 4.76. The molecule has 1 aromatic carbocycles. The maximum atomic E-state index is 13.2. The number of hydrogen-bond acceptors (Lipinski definition) is 4. The molecule has 2 saturated heterocycles. The molecule has 5 rings (SSSR count). The number of rotatable bonds is 4. The van der Waals surface area contributed by atoms with E-state index in [0.717, 1.165) is 89.6 Å². The van der Waals surface area contributed by atoms with E-state index in [1.165, 1.54) is 44.2 Å². The monoisotopic (exact) mass is 509 g/mol. The van der Waals surface area contributed by atoms with Crippen molar-refractivity contribution in [1.29, 1.82) is 0 Å². The predicted molar refractivity (Wildman–Crippen MR) is 146 cm³/mol. The molecule has 0 radical (unpaired) electrons. The highest BCUT2D eigenvalue weighted by Gasteiger charge is 2.38. The maximum Gasteiger partial charge on any atom is 0.222 e. The van der Waals surface area contributed by atoms with Gasteiger partial charge in [-0.05, 0) is 86.7 Å². The van der Waals surface area contributed by atoms with E-state index in [4.69, 9.17) is 4.74 Å². The fraction of sp³-hybridized carbons (Fsp3) is 0.742. The number of aryl methyl sites for hydroxylation is 1. The number of carbonyl (C=O) groups is 2. The van der Waals surface area contributed by atoms with Crippen LogP contribution in [0.2, 0.25) is 0 Å². The Morgan fingerprint density at radius 1 is 0.892 bits per heavy atom. The quantitative estimate of drug-likeness (QED) is 0.587. The number of hydrogen-bond donors (Lipinski definition) is 0. The highest BCUT2D eigenvalue weighted by atomic mass is 16.5. The molecule has 0 bridgehead atoms. The van der Waals surface area contributed by atoms with E-state index in [2.05, 4.69) is 34.1 Å². The molecule has 4 aliphatic rings. The molecule has 1 aliphatic carbocycles. The van der Waals surface area contributed by atoms with Crippen LogP contribution in [0.5, 0.6) is 5.75 Å². The highest BCUT2D eigenvalue weighted by Crippen LogP contribution is 2.40. The van der Waals surface area contributed by atoms with Gasteiger partial charge in [0.2, 0.25) is 11.8 Å². The van der Waals surface area contributed by atoms with E-state index >= 15 is 0 Å². The lowest BCUT2D eigenvalue weighted by molar-refractivity contribution is -0.135. The van der Waals surface area contributed by atoms with Crippen molar-refractivity contribution >= 4 is 11.8 Å². The zero-order valence-corrected chi connectivity index (χ0v) is 23.0. The number of para-hydroxylation sites is 1. The summed E-state index contributed by atoms with van der Waals surface area (Å²) in [7, 11) is 0. The second-order valence-electron chi connectivity index (χ2n) is 12.4. The van der Waals surface area contributed by atoms with Crippen LogP contribution in [0.4, 0.5) is 0 Å². The van der Waals surface area contributed by atoms with Crippen LogP contribution >= 0.6 is 0 Å². The Morgan fingerprint density at radius 3 is 2.38 bits per heavy atom. The van der Waals surface area contributed by atoms with Crippen molar-refractivity contribution in [3.05, 3.63) is 29.8 Å². The molecule has 3 aliphatic heterocycles. The van der Waals surface area contributed by atoms with Crippen molar-refractivity contribution in [3.8, 4) is 5.75 Å². The fourth-order valence-electron chi connectivity index (χ4n) is 6.87. The third-order valence-electron chi connectivity index (χ3n) is 9.51. The number of fused-ring (bicyclic) bond motifs is 1. The summed E-state index contributed by atoms with van der Waals surface area (Å²) in [5, 5.41) is 0. The average Bonchev–Trinajstić information content (AvgIpc) is 3.71. The second kappa shape index (κ2) is 12.2. The number of benzene rings is 1. The first-order valence-corrected chi connectivity index (χ1v) is 15.0. The summed E-state index contributed by atoms with van der Waals surface area (Å²) in [6.45, 7) is 9.18. The molecule has 0 unspecified atom stereocenters. The minimum absolute atomic E-state index is 0.162. The summed E-state index contributed by atoms with van der Waals surface area (Å²) < 4.78 is 6.29. The molecule has 6 nitrogen and oxygen atoms in total. The SMILES string of the molecule is CC(=O)N1CCC(CC(=O)N2CCC3(CCCCc4ccccc4OCCN(CC4CC4)C3)CC2)CC1. The van der Waals surface area contributed by atoms with Gasteiger partial charge in [-0.3, -0.25) is 14.5 Å². The number of piperidine rings is 2. The van der Waals surface area contributed by atoms with Crippen LogP contribution in [0, 0.1) is 17.3 Å². The lowest BCUT2D eigenvalue weighted by atomic mass is 9.73. The molecular weight excluding hydrogens is 462 g/mol. The van der Waals surface area contributed by atoms with Crippen LogP contribution in [0.25, 0.3) is 0 Å². The van der Waals surface area contributed by atoms with Crippen LogP contribution in [-0.4, -0.2) is 78.9 Å². The molecule has 0 atom stereocenters. The van der Waals surface area contributed by atoms with Crippen molar-refractivity contribution in [2.24, 2.45) is 17.3 Å². The summed E-state index contributed by atoms with van der Waals surface area (Å²) in [6.07, 6.45) is 12.4. The van der Waals surface area contributed by atoms with Gasteiger partial charge in [-0.1, -0.05) is 24.6 Å². The van der Waals surface area contributed by atoms with Crippen LogP contribution in [0.1, 0.15) is 76.7 Å². The maximum absolute atomic E-state index is 13.2. The van der Waals surface area contributed by atoms with Gasteiger partial charge in [0, 0.05) is 59.2 Å². The van der Waals surface area contributed by atoms with Gasteiger partial charge >= 0.3 is 0 Å². The van der Waals surface area contributed by atoms with Gasteiger partial charge in [0.25, 0.3) is 0 Å². The van der Waals surface area contributed by atoms with Crippen LogP contribution < -0.4 is 4.74 Å². The van der Waals surface area contributed by atoms with Crippen molar-refractivity contribution in [3.63, 3.8) is 0 Å². The molecule has 1 spiro atoms. The molecule has 1 aromatic rings. The third-order valence-corrected chi connectivity index (χ3v) is 9.51. The van der Waals surface area contributed by atoms with E-state index in [-0.39, 0.29) is 5.91 Å². The van der Waals surface area contributed by atoms with Gasteiger partial charge in [0.05, 0.1) is 0 Å². The Labute approximate surface area is 223 Å². The molecule has 0 N–H and O–H groups in total. The molecule has 0 aromatic heterocycles. The first-order valence-electron chi connectivity index (χ1n) is 15.0. The second-order valence-corrected chi connectivity index (χ2v) is 12.4. The summed E-state index contributed by atoms with van der Waals surface area (Å²) in [4.78, 5) is 31.6. The Morgan fingerprint density at radius 2 is 1.65 bits per heavy atom. The molecule has 37 heavy (non-hydrogen) atoms. The van der Waals surface area contributed by atoms with Gasteiger partial charge in [-0.15, -0.1) is 0 Å². The summed E-state index contributed by atoms with van der Waals surface area (Å²) in [6, 6.07) is 8.58. The van der Waals surface area contributed by atoms with Crippen LogP contribution in [0.15, 0.2) is 24.3 Å². The molecular formula is C31H47N3O3. The van der Waals surface area contributed by atoms with E-state index in [9.17, 15) is 9.59 Å². The number of likely N-dealkylation sites (tertiary alicyclic amines) is 2. The molecule has 204 valence electrons. The van der Waals surface area contributed by atoms with Gasteiger partial charge in [0.15, 0.2) is 0 Å². The normalized spacial score (nSPS) is 24.0. The first-order chi connectivity index (χ1) is 18.0. The molecule has 1 saturated carbocycles. The zero-order valence-electron chi connectivity index (χ0n) is 23.0. The van der Waals surface area contributed by atoms with Gasteiger partial charge in [0.1, 0.15) is 12.4 Å². The van der Waals surface area contributed by atoms with E-state index < -0.39 is 0 Å². The zero-order chi connectivity index (χ0) is 25.7. The molecule has 2 amide bonds. The Balaban J connectivity index is 1.18. The largest absolute Gasteiger partial charge is 0.492 e. The fourth-order valence-corrected chi connectivity index (χ4v) is 6.87. The molecule has 6 heteroatoms. The minimum atomic E-state index is 0.162. The van der Waals surface area contributed by atoms with Crippen molar-refractivity contribution in [2.45, 2.75) is 77.6 Å². The van der Waals surface area contributed by atoms with Gasteiger partial charge in [-0.25, -0.2) is 0 Å². The Kier molecular flexibility index (Phi) is 8.74. The highest BCUT2D eigenvalue weighted by molar-refractivity contribution is 5.76. The summed E-state index contributed by atoms with van der Waals surface area (Å²) >= 11 is 0. The van der Waals surface area contributed by atoms with Crippen LogP contribution in [0.3, 0.4) is 0 Å². The van der Waals surface area contributed by atoms with E-state index in [1.54, 1.807) is 6.92 Å². The minimum Gasteiger partial charge on any atom is -0.492 e. The number of carbonyl (C=O) groups excluding carboxylic acids is 2. The summed E-state index contributed by atoms with van der Waals surface area (Å²) in [5.41, 5.74) is 1.66. The lowest BCUT2D eigenvalue weighted by Crippen LogP contribution is -2.49. The topological polar surface area (TPSA) is 53.1 Å². The first kappa shape index (κ1) is 26.5. The average molecular weight is 510 g/mol. The Bertz CT molecular complexity index is 914. The number of amides is 2. The third kappa shape index (κ3) is 7.28. The van der Waals surface area contributed by atoms with Gasteiger partial charge in [-0.2, -0.15) is 0 Å². The van der Waals surface area contributed by atoms with Crippen molar-refractivity contribution < 1.29 is 14.3 Å². The standard InChI is InChI=1S/C31H47N3O3/c1-25(35)33-16-11-26(12-17-33)22-30(36)34-18-14-31(15-19-34)13-5-4-7-28-6-2-3-8-29(28)37-21-20-32(24-31)23-27-9-10-27/h2-3,6,8,26-27H,4-5,7,9-24H2,1H3. The lowest BCUT2D eigenvalue weighted by Gasteiger charge is -2.45. The summed E-state index contributed by atoms with van der Waals surface area (Å²) in [5.74, 6) is 2.87. The van der Waals surface area contributed by atoms with Crippen molar-refractivity contribution in [2.75, 3.05) is 52.4 Å². The van der Waals surface area contributed by atoms with E-state index in [1.807, 2.05) is 4.90 Å². The van der Waals surface area contributed by atoms with E-state index in [0.29, 0.717) is 23.7 Å². The van der Waals surface area contributed by atoms with Gasteiger partial charge < -0.3 is 14.5 Å². The van der Waals surface area contributed by atoms with Crippen molar-refractivity contribution in [1.82, 2.24) is 14.7 Å². The van der Waals surface area contributed by atoms with Crippen LogP contribution in [-0.2, 0) is 16.0 Å². The Hall–Kier alpha value is -2.08. The smallest absolute Gasteiger partial charge is 0.222 e. The number of ether oxygens (including phenoxy) is 1.